The number of nitrogens with zero attached hydrogens (tertiary/aromatic N) is 1. The molecule has 220 valence electrons. The molecule has 0 unspecified atom stereocenters. The van der Waals surface area contributed by atoms with Crippen molar-refractivity contribution in [2.24, 2.45) is 0 Å². The fourth-order valence-corrected chi connectivity index (χ4v) is 5.65. The molecule has 11 heteroatoms. The van der Waals surface area contributed by atoms with Gasteiger partial charge in [0, 0.05) is 27.1 Å². The van der Waals surface area contributed by atoms with Gasteiger partial charge in [-0.25, -0.2) is 4.98 Å². The molecule has 0 saturated heterocycles. The summed E-state index contributed by atoms with van der Waals surface area (Å²) in [6, 6.07) is 30.3. The summed E-state index contributed by atoms with van der Waals surface area (Å²) in [5.74, 6) is -0.895. The molecule has 44 heavy (non-hydrogen) atoms. The summed E-state index contributed by atoms with van der Waals surface area (Å²) >= 11 is 14.8. The minimum atomic E-state index is -0.471. The fourth-order valence-electron chi connectivity index (χ4n) is 3.91. The number of hydrogen-bond acceptors (Lipinski definition) is 6. The Morgan fingerprint density at radius 1 is 0.818 bits per heavy atom. The van der Waals surface area contributed by atoms with Gasteiger partial charge < -0.3 is 16.0 Å². The normalized spacial score (nSPS) is 11.1. The first-order valence-corrected chi connectivity index (χ1v) is 15.8. The van der Waals surface area contributed by atoms with Crippen molar-refractivity contribution in [1.29, 1.82) is 0 Å². The molecule has 0 spiro atoms. The third-order valence-electron chi connectivity index (χ3n) is 6.09. The van der Waals surface area contributed by atoms with Crippen LogP contribution in [0.5, 0.6) is 0 Å². The first-order chi connectivity index (χ1) is 21.3. The lowest BCUT2D eigenvalue weighted by atomic mass is 10.1. The van der Waals surface area contributed by atoms with Gasteiger partial charge in [0.25, 0.3) is 11.8 Å². The van der Waals surface area contributed by atoms with E-state index in [1.165, 1.54) is 23.1 Å². The van der Waals surface area contributed by atoms with E-state index in [1.807, 2.05) is 60.0 Å². The summed E-state index contributed by atoms with van der Waals surface area (Å²) in [7, 11) is 0. The van der Waals surface area contributed by atoms with Crippen LogP contribution in [0.3, 0.4) is 0 Å². The third-order valence-corrected chi connectivity index (χ3v) is 8.60. The van der Waals surface area contributed by atoms with Gasteiger partial charge in [-0.1, -0.05) is 77.8 Å². The highest BCUT2D eigenvalue weighted by atomic mass is 35.5. The van der Waals surface area contributed by atoms with Crippen LogP contribution in [0.25, 0.3) is 17.3 Å². The zero-order valence-corrected chi connectivity index (χ0v) is 26.1. The Bertz CT molecular complexity index is 1810. The minimum Gasteiger partial charge on any atom is -0.321 e. The largest absolute Gasteiger partial charge is 0.321 e. The molecule has 0 atom stereocenters. The maximum Gasteiger partial charge on any atom is 0.272 e. The predicted octanol–water partition coefficient (Wildman–Crippen LogP) is 8.26. The molecular formula is C33H24Cl2N4O3S2. The number of nitrogens with one attached hydrogen (secondary N) is 3. The van der Waals surface area contributed by atoms with Crippen LogP contribution in [0.4, 0.5) is 10.8 Å². The van der Waals surface area contributed by atoms with Crippen molar-refractivity contribution in [2.75, 3.05) is 16.4 Å². The van der Waals surface area contributed by atoms with E-state index in [4.69, 9.17) is 23.2 Å². The summed E-state index contributed by atoms with van der Waals surface area (Å²) in [6.45, 7) is 0. The average molecular weight is 660 g/mol. The molecule has 1 aromatic heterocycles. The van der Waals surface area contributed by atoms with Gasteiger partial charge in [0.1, 0.15) is 5.70 Å². The maximum absolute atomic E-state index is 13.2. The summed E-state index contributed by atoms with van der Waals surface area (Å²) in [5.41, 5.74) is 3.33. The van der Waals surface area contributed by atoms with E-state index in [0.29, 0.717) is 32.1 Å². The highest BCUT2D eigenvalue weighted by Crippen LogP contribution is 2.30. The van der Waals surface area contributed by atoms with Crippen molar-refractivity contribution < 1.29 is 14.4 Å². The van der Waals surface area contributed by atoms with Crippen molar-refractivity contribution in [2.45, 2.75) is 4.90 Å². The Morgan fingerprint density at radius 3 is 2.23 bits per heavy atom. The fraction of sp³-hybridized carbons (Fsp3) is 0.0303. The van der Waals surface area contributed by atoms with Crippen LogP contribution in [-0.4, -0.2) is 28.5 Å². The van der Waals surface area contributed by atoms with Crippen molar-refractivity contribution in [3.63, 3.8) is 0 Å². The zero-order valence-electron chi connectivity index (χ0n) is 22.9. The van der Waals surface area contributed by atoms with Gasteiger partial charge in [0.15, 0.2) is 5.13 Å². The van der Waals surface area contributed by atoms with Crippen LogP contribution in [-0.2, 0) is 9.59 Å². The summed E-state index contributed by atoms with van der Waals surface area (Å²) < 4.78 is 0. The number of anilines is 2. The summed E-state index contributed by atoms with van der Waals surface area (Å²) in [5, 5.41) is 11.6. The van der Waals surface area contributed by atoms with Crippen LogP contribution in [0.15, 0.2) is 119 Å². The van der Waals surface area contributed by atoms with Crippen LogP contribution >= 0.6 is 46.3 Å². The Balaban J connectivity index is 1.17. The van der Waals surface area contributed by atoms with Crippen molar-refractivity contribution in [3.8, 4) is 11.3 Å². The van der Waals surface area contributed by atoms with E-state index in [9.17, 15) is 14.4 Å². The lowest BCUT2D eigenvalue weighted by Gasteiger charge is -2.12. The maximum atomic E-state index is 13.2. The standard InChI is InChI=1S/C33H24Cl2N4O3S2/c34-26-16-11-23(18-27(26)35)29-19-44-33(38-29)39-30(40)20-43-25-14-12-24(13-15-25)36-32(42)28(17-21-7-3-1-4-8-21)37-31(41)22-9-5-2-6-10-22/h1-19H,20H2,(H,36,42)(H,37,41)(H,38,39,40)/b28-17-. The number of thioether (sulfide) groups is 1. The molecule has 4 aromatic carbocycles. The molecule has 3 N–H and O–H groups in total. The van der Waals surface area contributed by atoms with Crippen LogP contribution in [0, 0.1) is 0 Å². The van der Waals surface area contributed by atoms with Gasteiger partial charge in [0.05, 0.1) is 21.5 Å². The predicted molar refractivity (Wildman–Crippen MR) is 180 cm³/mol. The second kappa shape index (κ2) is 14.9. The number of halogens is 2. The number of amides is 3. The number of benzene rings is 4. The molecule has 0 aliphatic carbocycles. The second-order valence-electron chi connectivity index (χ2n) is 9.27. The Morgan fingerprint density at radius 2 is 1.52 bits per heavy atom. The Hall–Kier alpha value is -4.41. The lowest BCUT2D eigenvalue weighted by Crippen LogP contribution is -2.30. The first kappa shape index (κ1) is 31.0. The molecule has 5 rings (SSSR count). The van der Waals surface area contributed by atoms with Crippen molar-refractivity contribution >= 4 is 80.9 Å². The van der Waals surface area contributed by atoms with Crippen LogP contribution in [0.1, 0.15) is 15.9 Å². The highest BCUT2D eigenvalue weighted by molar-refractivity contribution is 8.00. The SMILES string of the molecule is O=C(CSc1ccc(NC(=O)/C(=C/c2ccccc2)NC(=O)c2ccccc2)cc1)Nc1nc(-c2ccc(Cl)c(Cl)c2)cs1. The quantitative estimate of drug-likeness (QED) is 0.104. The van der Waals surface area contributed by atoms with Gasteiger partial charge in [-0.15, -0.1) is 23.1 Å². The number of carbonyl (C=O) groups is 3. The van der Waals surface area contributed by atoms with Crippen LogP contribution < -0.4 is 16.0 Å². The third kappa shape index (κ3) is 8.58. The van der Waals surface area contributed by atoms with Crippen LogP contribution in [0.2, 0.25) is 10.0 Å². The molecule has 3 amide bonds. The smallest absolute Gasteiger partial charge is 0.272 e. The van der Waals surface area contributed by atoms with Gasteiger partial charge >= 0.3 is 0 Å². The van der Waals surface area contributed by atoms with E-state index < -0.39 is 11.8 Å². The molecule has 0 saturated carbocycles. The molecule has 0 aliphatic heterocycles. The first-order valence-electron chi connectivity index (χ1n) is 13.2. The minimum absolute atomic E-state index is 0.102. The Kier molecular flexibility index (Phi) is 10.5. The van der Waals surface area contributed by atoms with E-state index in [1.54, 1.807) is 54.6 Å². The molecule has 1 heterocycles. The molecule has 0 aliphatic rings. The molecular weight excluding hydrogens is 635 g/mol. The molecule has 0 bridgehead atoms. The van der Waals surface area contributed by atoms with Crippen molar-refractivity contribution in [3.05, 3.63) is 135 Å². The number of thiazole rings is 1. The average Bonchev–Trinajstić information content (AvgIpc) is 3.51. The summed E-state index contributed by atoms with van der Waals surface area (Å²) in [4.78, 5) is 43.9. The van der Waals surface area contributed by atoms with E-state index >= 15 is 0 Å². The van der Waals surface area contributed by atoms with Gasteiger partial charge in [0.2, 0.25) is 5.91 Å². The summed E-state index contributed by atoms with van der Waals surface area (Å²) in [6.07, 6.45) is 1.62. The number of hydrogen-bond donors (Lipinski definition) is 3. The number of carbonyl (C=O) groups excluding carboxylic acids is 3. The number of rotatable bonds is 10. The van der Waals surface area contributed by atoms with E-state index in [-0.39, 0.29) is 17.4 Å². The van der Waals surface area contributed by atoms with E-state index in [0.717, 1.165) is 16.0 Å². The molecule has 5 aromatic rings. The number of aromatic nitrogens is 1. The highest BCUT2D eigenvalue weighted by Gasteiger charge is 2.15. The van der Waals surface area contributed by atoms with Gasteiger partial charge in [-0.05, 0) is 60.2 Å². The van der Waals surface area contributed by atoms with Gasteiger partial charge in [-0.3, -0.25) is 14.4 Å². The topological polar surface area (TPSA) is 100 Å². The monoisotopic (exact) mass is 658 g/mol. The zero-order chi connectivity index (χ0) is 30.9. The van der Waals surface area contributed by atoms with E-state index in [2.05, 4.69) is 20.9 Å². The Labute approximate surface area is 272 Å². The molecule has 0 fully saturated rings. The second-order valence-corrected chi connectivity index (χ2v) is 12.0. The van der Waals surface area contributed by atoms with Gasteiger partial charge in [-0.2, -0.15) is 0 Å². The lowest BCUT2D eigenvalue weighted by molar-refractivity contribution is -0.114. The molecule has 0 radical (unpaired) electrons. The van der Waals surface area contributed by atoms with Crippen molar-refractivity contribution in [1.82, 2.24) is 10.3 Å². The molecule has 7 nitrogen and oxygen atoms in total.